The first-order valence-electron chi connectivity index (χ1n) is 11.1. The summed E-state index contributed by atoms with van der Waals surface area (Å²) in [7, 11) is 0. The Morgan fingerprint density at radius 2 is 1.90 bits per heavy atom. The largest absolute Gasteiger partial charge is 0.369 e. The van der Waals surface area contributed by atoms with E-state index in [2.05, 4.69) is 69.4 Å². The van der Waals surface area contributed by atoms with E-state index in [-0.39, 0.29) is 11.8 Å². The van der Waals surface area contributed by atoms with E-state index in [0.717, 1.165) is 44.8 Å². The molecule has 1 amide bonds. The molecule has 4 rings (SSSR count). The van der Waals surface area contributed by atoms with Crippen LogP contribution in [0.25, 0.3) is 11.1 Å². The molecule has 7 nitrogen and oxygen atoms in total. The van der Waals surface area contributed by atoms with E-state index in [9.17, 15) is 4.79 Å². The van der Waals surface area contributed by atoms with E-state index in [0.29, 0.717) is 28.9 Å². The highest BCUT2D eigenvalue weighted by Crippen LogP contribution is 2.25. The molecule has 1 aliphatic heterocycles. The minimum Gasteiger partial charge on any atom is -0.369 e. The summed E-state index contributed by atoms with van der Waals surface area (Å²) in [6, 6.07) is 12.4. The second-order valence-corrected chi connectivity index (χ2v) is 8.47. The third-order valence-electron chi connectivity index (χ3n) is 5.90. The molecular weight excluding hydrogens is 390 g/mol. The maximum atomic E-state index is 12.9. The Bertz CT molecular complexity index is 1020. The summed E-state index contributed by atoms with van der Waals surface area (Å²) in [6.45, 7) is 11.7. The molecule has 0 radical (unpaired) electrons. The topological polar surface area (TPSA) is 74.5 Å². The lowest BCUT2D eigenvalue weighted by atomic mass is 10.0. The quantitative estimate of drug-likeness (QED) is 0.588. The number of aromatic nitrogens is 2. The van der Waals surface area contributed by atoms with E-state index in [1.165, 1.54) is 5.69 Å². The summed E-state index contributed by atoms with van der Waals surface area (Å²) in [5, 5.41) is 7.78. The molecule has 0 saturated carbocycles. The number of hydrogen-bond acceptors (Lipinski definition) is 6. The van der Waals surface area contributed by atoms with Crippen LogP contribution in [-0.2, 0) is 0 Å². The number of fused-ring (bicyclic) bond motifs is 1. The van der Waals surface area contributed by atoms with E-state index >= 15 is 0 Å². The molecule has 1 N–H and O–H groups in total. The summed E-state index contributed by atoms with van der Waals surface area (Å²) >= 11 is 0. The number of pyridine rings is 1. The Balaban J connectivity index is 1.28. The molecule has 1 aromatic carbocycles. The predicted octanol–water partition coefficient (Wildman–Crippen LogP) is 3.60. The summed E-state index contributed by atoms with van der Waals surface area (Å²) in [5.74, 6) is 0.116. The number of benzene rings is 1. The van der Waals surface area contributed by atoms with Crippen LogP contribution >= 0.6 is 0 Å². The monoisotopic (exact) mass is 421 g/mol. The number of hydrogen-bond donors (Lipinski definition) is 1. The van der Waals surface area contributed by atoms with Gasteiger partial charge in [0.05, 0.1) is 16.6 Å². The van der Waals surface area contributed by atoms with Gasteiger partial charge >= 0.3 is 0 Å². The number of amides is 1. The van der Waals surface area contributed by atoms with Gasteiger partial charge in [-0.25, -0.2) is 4.98 Å². The lowest BCUT2D eigenvalue weighted by Gasteiger charge is -2.36. The minimum atomic E-state index is -0.0884. The van der Waals surface area contributed by atoms with Crippen molar-refractivity contribution < 1.29 is 9.32 Å². The first-order chi connectivity index (χ1) is 15.0. The lowest BCUT2D eigenvalue weighted by molar-refractivity contribution is 0.0953. The summed E-state index contributed by atoms with van der Waals surface area (Å²) < 4.78 is 5.32. The van der Waals surface area contributed by atoms with Crippen LogP contribution in [0.3, 0.4) is 0 Å². The highest BCUT2D eigenvalue weighted by Gasteiger charge is 2.20. The number of carbonyl (C=O) groups is 1. The van der Waals surface area contributed by atoms with Crippen molar-refractivity contribution in [1.29, 1.82) is 0 Å². The second-order valence-electron chi connectivity index (χ2n) is 8.47. The van der Waals surface area contributed by atoms with Crippen molar-refractivity contribution in [3.63, 3.8) is 0 Å². The molecule has 0 unspecified atom stereocenters. The molecule has 7 heteroatoms. The summed E-state index contributed by atoms with van der Waals surface area (Å²) in [4.78, 5) is 22.3. The van der Waals surface area contributed by atoms with Crippen LogP contribution < -0.4 is 10.2 Å². The molecule has 3 aromatic rings. The normalized spacial score (nSPS) is 15.0. The molecule has 164 valence electrons. The maximum absolute atomic E-state index is 12.9. The highest BCUT2D eigenvalue weighted by molar-refractivity contribution is 6.06. The van der Waals surface area contributed by atoms with Crippen LogP contribution in [0.15, 0.2) is 40.9 Å². The Morgan fingerprint density at radius 3 is 2.61 bits per heavy atom. The lowest BCUT2D eigenvalue weighted by Crippen LogP contribution is -2.47. The number of nitrogens with zero attached hydrogens (tertiary/aromatic N) is 4. The molecule has 0 bridgehead atoms. The van der Waals surface area contributed by atoms with Gasteiger partial charge in [-0.05, 0) is 44.0 Å². The Hall–Kier alpha value is -2.93. The molecule has 0 spiro atoms. The fraction of sp³-hybridized carbons (Fsp3) is 0.458. The van der Waals surface area contributed by atoms with E-state index in [1.54, 1.807) is 0 Å². The van der Waals surface area contributed by atoms with Gasteiger partial charge in [0.2, 0.25) is 0 Å². The number of piperazine rings is 1. The zero-order chi connectivity index (χ0) is 21.8. The van der Waals surface area contributed by atoms with Gasteiger partial charge in [-0.3, -0.25) is 9.69 Å². The van der Waals surface area contributed by atoms with Crippen molar-refractivity contribution in [2.24, 2.45) is 0 Å². The van der Waals surface area contributed by atoms with Gasteiger partial charge in [-0.1, -0.05) is 37.2 Å². The van der Waals surface area contributed by atoms with E-state index in [4.69, 9.17) is 4.52 Å². The zero-order valence-electron chi connectivity index (χ0n) is 18.6. The van der Waals surface area contributed by atoms with Crippen molar-refractivity contribution in [1.82, 2.24) is 20.4 Å². The van der Waals surface area contributed by atoms with E-state index in [1.807, 2.05) is 13.0 Å². The van der Waals surface area contributed by atoms with Gasteiger partial charge in [0.1, 0.15) is 0 Å². The molecule has 1 aliphatic rings. The van der Waals surface area contributed by atoms with Gasteiger partial charge in [0.25, 0.3) is 11.6 Å². The van der Waals surface area contributed by atoms with Crippen LogP contribution in [-0.4, -0.2) is 60.2 Å². The standard InChI is InChI=1S/C24H31N5O2/c1-17(2)21-16-20(22-18(3)27-31-24(22)26-21)23(30)25-10-7-11-28-12-14-29(15-13-28)19-8-5-4-6-9-19/h4-6,8-9,16-17H,7,10-15H2,1-3H3,(H,25,30). The predicted molar refractivity (Wildman–Crippen MR) is 123 cm³/mol. The number of para-hydroxylation sites is 1. The van der Waals surface area contributed by atoms with Crippen LogP contribution in [0.1, 0.15) is 47.9 Å². The fourth-order valence-corrected chi connectivity index (χ4v) is 4.06. The number of rotatable bonds is 7. The number of aryl methyl sites for hydroxylation is 1. The third kappa shape index (κ3) is 4.88. The zero-order valence-corrected chi connectivity index (χ0v) is 18.6. The molecule has 31 heavy (non-hydrogen) atoms. The Kier molecular flexibility index (Phi) is 6.51. The van der Waals surface area contributed by atoms with Crippen molar-refractivity contribution in [2.45, 2.75) is 33.1 Å². The van der Waals surface area contributed by atoms with Crippen molar-refractivity contribution in [3.05, 3.63) is 53.3 Å². The molecule has 1 saturated heterocycles. The van der Waals surface area contributed by atoms with Gasteiger partial charge < -0.3 is 14.7 Å². The van der Waals surface area contributed by atoms with Crippen molar-refractivity contribution in [2.75, 3.05) is 44.2 Å². The molecule has 1 fully saturated rings. The molecule has 2 aromatic heterocycles. The van der Waals surface area contributed by atoms with Crippen LogP contribution in [0, 0.1) is 6.92 Å². The molecular formula is C24H31N5O2. The number of carbonyl (C=O) groups excluding carboxylic acids is 1. The Morgan fingerprint density at radius 1 is 1.16 bits per heavy atom. The maximum Gasteiger partial charge on any atom is 0.259 e. The van der Waals surface area contributed by atoms with Crippen LogP contribution in [0.2, 0.25) is 0 Å². The number of anilines is 1. The van der Waals surface area contributed by atoms with Crippen LogP contribution in [0.4, 0.5) is 5.69 Å². The average Bonchev–Trinajstić information content (AvgIpc) is 3.17. The van der Waals surface area contributed by atoms with Crippen molar-refractivity contribution in [3.8, 4) is 0 Å². The van der Waals surface area contributed by atoms with Gasteiger partial charge in [-0.2, -0.15) is 0 Å². The smallest absolute Gasteiger partial charge is 0.259 e. The first kappa shape index (κ1) is 21.3. The average molecular weight is 422 g/mol. The summed E-state index contributed by atoms with van der Waals surface area (Å²) in [5.41, 5.74) is 3.86. The second kappa shape index (κ2) is 9.47. The fourth-order valence-electron chi connectivity index (χ4n) is 4.06. The van der Waals surface area contributed by atoms with Crippen LogP contribution in [0.5, 0.6) is 0 Å². The third-order valence-corrected chi connectivity index (χ3v) is 5.90. The van der Waals surface area contributed by atoms with Gasteiger partial charge in [0.15, 0.2) is 0 Å². The first-order valence-corrected chi connectivity index (χ1v) is 11.1. The SMILES string of the molecule is Cc1noc2nc(C(C)C)cc(C(=O)NCCCN3CCN(c4ccccc4)CC3)c12. The highest BCUT2D eigenvalue weighted by atomic mass is 16.5. The summed E-state index contributed by atoms with van der Waals surface area (Å²) in [6.07, 6.45) is 0.922. The van der Waals surface area contributed by atoms with E-state index < -0.39 is 0 Å². The van der Waals surface area contributed by atoms with Gasteiger partial charge in [-0.15, -0.1) is 0 Å². The number of nitrogens with one attached hydrogen (secondary N) is 1. The molecule has 0 atom stereocenters. The Labute approximate surface area is 183 Å². The van der Waals surface area contributed by atoms with Crippen molar-refractivity contribution >= 4 is 22.7 Å². The minimum absolute atomic E-state index is 0.0884. The molecule has 3 heterocycles. The van der Waals surface area contributed by atoms with Gasteiger partial charge in [0, 0.05) is 44.1 Å². The molecule has 0 aliphatic carbocycles.